The van der Waals surface area contributed by atoms with E-state index in [-0.39, 0.29) is 24.6 Å². The van der Waals surface area contributed by atoms with Crippen LogP contribution in [0.2, 0.25) is 0 Å². The first-order valence-electron chi connectivity index (χ1n) is 5.10. The van der Waals surface area contributed by atoms with Crippen LogP contribution in [-0.2, 0) is 23.6 Å². The number of rotatable bonds is 4. The second-order valence-corrected chi connectivity index (χ2v) is 3.74. The monoisotopic (exact) mass is 285 g/mol. The molecule has 0 unspecified atom stereocenters. The summed E-state index contributed by atoms with van der Waals surface area (Å²) in [4.78, 5) is 9.98. The van der Waals surface area contributed by atoms with Gasteiger partial charge < -0.3 is 5.32 Å². The zero-order chi connectivity index (χ0) is 14.7. The van der Waals surface area contributed by atoms with Crippen molar-refractivity contribution in [2.24, 2.45) is 0 Å². The van der Waals surface area contributed by atoms with Gasteiger partial charge in [0.15, 0.2) is 0 Å². The van der Waals surface area contributed by atoms with Gasteiger partial charge in [-0.2, -0.15) is 26.3 Å². The largest absolute Gasteiger partial charge is 0.416 e. The standard InChI is InChI=1S/C11H9F6NO/c12-10(13,14)8-3-7(1-2-18-6-19)4-9(5-8)11(15,16)17/h3-6H,1-2H2,(H,18,19). The van der Waals surface area contributed by atoms with Gasteiger partial charge in [-0.15, -0.1) is 0 Å². The van der Waals surface area contributed by atoms with E-state index in [1.807, 2.05) is 0 Å². The molecule has 0 bridgehead atoms. The number of hydrogen-bond acceptors (Lipinski definition) is 1. The summed E-state index contributed by atoms with van der Waals surface area (Å²) in [7, 11) is 0. The van der Waals surface area contributed by atoms with Gasteiger partial charge in [0.05, 0.1) is 11.1 Å². The molecule has 1 aromatic rings. The summed E-state index contributed by atoms with van der Waals surface area (Å²) in [6, 6.07) is 1.35. The summed E-state index contributed by atoms with van der Waals surface area (Å²) >= 11 is 0. The van der Waals surface area contributed by atoms with E-state index in [1.54, 1.807) is 0 Å². The van der Waals surface area contributed by atoms with Crippen LogP contribution in [0.3, 0.4) is 0 Å². The third-order valence-corrected chi connectivity index (χ3v) is 2.29. The fourth-order valence-corrected chi connectivity index (χ4v) is 1.44. The highest BCUT2D eigenvalue weighted by molar-refractivity contribution is 5.46. The summed E-state index contributed by atoms with van der Waals surface area (Å²) in [5.41, 5.74) is -2.86. The Bertz CT molecular complexity index is 419. The second-order valence-electron chi connectivity index (χ2n) is 3.74. The van der Waals surface area contributed by atoms with Gasteiger partial charge >= 0.3 is 12.4 Å². The van der Waals surface area contributed by atoms with Crippen molar-refractivity contribution in [2.45, 2.75) is 18.8 Å². The van der Waals surface area contributed by atoms with Gasteiger partial charge in [0, 0.05) is 6.54 Å². The molecular weight excluding hydrogens is 276 g/mol. The number of benzene rings is 1. The molecule has 8 heteroatoms. The van der Waals surface area contributed by atoms with Crippen molar-refractivity contribution in [2.75, 3.05) is 6.54 Å². The predicted octanol–water partition coefficient (Wildman–Crippen LogP) is 3.01. The zero-order valence-electron chi connectivity index (χ0n) is 9.40. The highest BCUT2D eigenvalue weighted by Crippen LogP contribution is 2.36. The Labute approximate surface area is 104 Å². The molecule has 0 radical (unpaired) electrons. The van der Waals surface area contributed by atoms with E-state index in [0.717, 1.165) is 0 Å². The van der Waals surface area contributed by atoms with Crippen LogP contribution in [0, 0.1) is 0 Å². The van der Waals surface area contributed by atoms with E-state index in [1.165, 1.54) is 0 Å². The Morgan fingerprint density at radius 2 is 1.42 bits per heavy atom. The first-order chi connectivity index (χ1) is 8.64. The summed E-state index contributed by atoms with van der Waals surface area (Å²) in [5, 5.41) is 2.17. The molecule has 0 spiro atoms. The maximum absolute atomic E-state index is 12.5. The SMILES string of the molecule is O=CNCCc1cc(C(F)(F)F)cc(C(F)(F)F)c1. The van der Waals surface area contributed by atoms with Crippen molar-refractivity contribution in [3.63, 3.8) is 0 Å². The lowest BCUT2D eigenvalue weighted by molar-refractivity contribution is -0.143. The minimum absolute atomic E-state index is 0.0396. The van der Waals surface area contributed by atoms with Crippen molar-refractivity contribution in [3.8, 4) is 0 Å². The second kappa shape index (κ2) is 5.50. The van der Waals surface area contributed by atoms with Crippen molar-refractivity contribution < 1.29 is 31.1 Å². The maximum atomic E-state index is 12.5. The molecule has 0 aliphatic carbocycles. The van der Waals surface area contributed by atoms with Crippen LogP contribution in [-0.4, -0.2) is 13.0 Å². The third-order valence-electron chi connectivity index (χ3n) is 2.29. The van der Waals surface area contributed by atoms with Crippen LogP contribution >= 0.6 is 0 Å². The molecule has 0 aliphatic heterocycles. The number of carbonyl (C=O) groups excluding carboxylic acids is 1. The quantitative estimate of drug-likeness (QED) is 0.514. The number of carbonyl (C=O) groups is 1. The van der Waals surface area contributed by atoms with Crippen LogP contribution < -0.4 is 5.32 Å². The lowest BCUT2D eigenvalue weighted by atomic mass is 10.0. The number of halogens is 6. The fourth-order valence-electron chi connectivity index (χ4n) is 1.44. The van der Waals surface area contributed by atoms with E-state index in [0.29, 0.717) is 18.5 Å². The van der Waals surface area contributed by atoms with Crippen LogP contribution in [0.5, 0.6) is 0 Å². The van der Waals surface area contributed by atoms with Crippen molar-refractivity contribution >= 4 is 6.41 Å². The number of alkyl halides is 6. The van der Waals surface area contributed by atoms with Crippen molar-refractivity contribution in [3.05, 3.63) is 34.9 Å². The first-order valence-corrected chi connectivity index (χ1v) is 5.10. The Balaban J connectivity index is 3.13. The first kappa shape index (κ1) is 15.3. The molecule has 1 aromatic carbocycles. The van der Waals surface area contributed by atoms with Crippen LogP contribution in [0.1, 0.15) is 16.7 Å². The van der Waals surface area contributed by atoms with E-state index in [4.69, 9.17) is 0 Å². The molecule has 0 saturated heterocycles. The van der Waals surface area contributed by atoms with Gasteiger partial charge in [-0.25, -0.2) is 0 Å². The van der Waals surface area contributed by atoms with E-state index in [2.05, 4.69) is 5.32 Å². The summed E-state index contributed by atoms with van der Waals surface area (Å²) in [6.07, 6.45) is -9.51. The van der Waals surface area contributed by atoms with Crippen molar-refractivity contribution in [1.82, 2.24) is 5.32 Å². The molecule has 19 heavy (non-hydrogen) atoms. The van der Waals surface area contributed by atoms with Gasteiger partial charge in [-0.3, -0.25) is 4.79 Å². The minimum atomic E-state index is -4.85. The Morgan fingerprint density at radius 3 is 1.79 bits per heavy atom. The molecule has 0 heterocycles. The molecule has 0 aromatic heterocycles. The lowest BCUT2D eigenvalue weighted by Gasteiger charge is -2.14. The molecule has 1 amide bonds. The topological polar surface area (TPSA) is 29.1 Å². The minimum Gasteiger partial charge on any atom is -0.358 e. The van der Waals surface area contributed by atoms with E-state index < -0.39 is 23.5 Å². The Morgan fingerprint density at radius 1 is 0.947 bits per heavy atom. The number of nitrogens with one attached hydrogen (secondary N) is 1. The van der Waals surface area contributed by atoms with Gasteiger partial charge in [0.2, 0.25) is 6.41 Å². The molecule has 0 aliphatic rings. The summed E-state index contributed by atoms with van der Waals surface area (Å²) in [5.74, 6) is 0. The molecule has 0 saturated carbocycles. The Kier molecular flexibility index (Phi) is 4.43. The smallest absolute Gasteiger partial charge is 0.358 e. The average Bonchev–Trinajstić information content (AvgIpc) is 2.27. The van der Waals surface area contributed by atoms with Crippen molar-refractivity contribution in [1.29, 1.82) is 0 Å². The zero-order valence-corrected chi connectivity index (χ0v) is 9.40. The summed E-state index contributed by atoms with van der Waals surface area (Å²) < 4.78 is 74.9. The normalized spacial score (nSPS) is 12.3. The molecule has 1 rings (SSSR count). The van der Waals surface area contributed by atoms with Crippen LogP contribution in [0.15, 0.2) is 18.2 Å². The predicted molar refractivity (Wildman–Crippen MR) is 54.2 cm³/mol. The average molecular weight is 285 g/mol. The van der Waals surface area contributed by atoms with E-state index >= 15 is 0 Å². The third kappa shape index (κ3) is 4.46. The van der Waals surface area contributed by atoms with E-state index in [9.17, 15) is 31.1 Å². The lowest BCUT2D eigenvalue weighted by Crippen LogP contribution is -2.16. The molecule has 0 fully saturated rings. The number of amides is 1. The van der Waals surface area contributed by atoms with Crippen LogP contribution in [0.25, 0.3) is 0 Å². The molecule has 2 nitrogen and oxygen atoms in total. The molecular formula is C11H9F6NO. The Hall–Kier alpha value is -1.73. The van der Waals surface area contributed by atoms with Gasteiger partial charge in [-0.1, -0.05) is 0 Å². The molecule has 1 N–H and O–H groups in total. The maximum Gasteiger partial charge on any atom is 0.416 e. The van der Waals surface area contributed by atoms with Crippen LogP contribution in [0.4, 0.5) is 26.3 Å². The fraction of sp³-hybridized carbons (Fsp3) is 0.364. The van der Waals surface area contributed by atoms with Gasteiger partial charge in [-0.05, 0) is 30.2 Å². The summed E-state index contributed by atoms with van der Waals surface area (Å²) in [6.45, 7) is -0.0396. The highest BCUT2D eigenvalue weighted by Gasteiger charge is 2.36. The van der Waals surface area contributed by atoms with Gasteiger partial charge in [0.25, 0.3) is 0 Å². The highest BCUT2D eigenvalue weighted by atomic mass is 19.4. The molecule has 106 valence electrons. The van der Waals surface area contributed by atoms with Gasteiger partial charge in [0.1, 0.15) is 0 Å². The number of hydrogen-bond donors (Lipinski definition) is 1. The molecule has 0 atom stereocenters.